The average molecular weight is 461 g/mol. The summed E-state index contributed by atoms with van der Waals surface area (Å²) < 4.78 is 7.22. The van der Waals surface area contributed by atoms with E-state index in [4.69, 9.17) is 4.74 Å². The molecule has 0 unspecified atom stereocenters. The SMILES string of the molecule is COC[C@@H]1CN[C@H](C(=O)N2C[C@@H]3C[C@H](C2)c2ccc(CN(C)C)c(=O)n2C3)C1.Cl.Cl. The van der Waals surface area contributed by atoms with Crippen LogP contribution in [-0.4, -0.2) is 73.8 Å². The van der Waals surface area contributed by atoms with E-state index in [1.165, 1.54) is 0 Å². The molecule has 3 aliphatic rings. The summed E-state index contributed by atoms with van der Waals surface area (Å²) in [5.74, 6) is 1.25. The lowest BCUT2D eigenvalue weighted by Crippen LogP contribution is -2.53. The first kappa shape index (κ1) is 25.1. The Morgan fingerprint density at radius 2 is 1.97 bits per heavy atom. The number of methoxy groups -OCH3 is 1. The molecule has 30 heavy (non-hydrogen) atoms. The van der Waals surface area contributed by atoms with Crippen LogP contribution in [0.15, 0.2) is 16.9 Å². The maximum Gasteiger partial charge on any atom is 0.255 e. The van der Waals surface area contributed by atoms with Crippen molar-refractivity contribution in [3.05, 3.63) is 33.7 Å². The highest BCUT2D eigenvalue weighted by Crippen LogP contribution is 2.35. The molecule has 4 heterocycles. The molecule has 2 saturated heterocycles. The van der Waals surface area contributed by atoms with Gasteiger partial charge in [-0.15, -0.1) is 24.8 Å². The van der Waals surface area contributed by atoms with Crippen LogP contribution in [0.3, 0.4) is 0 Å². The first-order valence-corrected chi connectivity index (χ1v) is 10.3. The average Bonchev–Trinajstić information content (AvgIpc) is 3.12. The summed E-state index contributed by atoms with van der Waals surface area (Å²) in [7, 11) is 5.68. The van der Waals surface area contributed by atoms with Gasteiger partial charge < -0.3 is 24.4 Å². The second-order valence-electron chi connectivity index (χ2n) is 9.00. The predicted octanol–water partition coefficient (Wildman–Crippen LogP) is 1.32. The zero-order chi connectivity index (χ0) is 19.8. The largest absolute Gasteiger partial charge is 0.384 e. The standard InChI is InChI=1S/C21H32N4O3.2ClH/c1-23(2)11-16-4-5-19-17-6-15(10-25(19)20(16)26)9-24(12-17)21(27)18-7-14(8-22-18)13-28-3;;/h4-5,14-15,17-18,22H,6-13H2,1-3H3;2*1H/t14-,15-,17+,18-;;/m0../s1. The van der Waals surface area contributed by atoms with E-state index in [2.05, 4.69) is 11.4 Å². The number of nitrogens with one attached hydrogen (secondary N) is 1. The van der Waals surface area contributed by atoms with Crippen molar-refractivity contribution in [1.29, 1.82) is 0 Å². The molecule has 1 aromatic rings. The number of amides is 1. The van der Waals surface area contributed by atoms with E-state index in [0.29, 0.717) is 25.0 Å². The number of piperidine rings is 1. The van der Waals surface area contributed by atoms with Crippen LogP contribution in [0.4, 0.5) is 0 Å². The van der Waals surface area contributed by atoms with Crippen LogP contribution in [0, 0.1) is 11.8 Å². The summed E-state index contributed by atoms with van der Waals surface area (Å²) in [5, 5.41) is 3.38. The number of rotatable bonds is 5. The second-order valence-corrected chi connectivity index (χ2v) is 9.00. The Labute approximate surface area is 190 Å². The van der Waals surface area contributed by atoms with Crippen LogP contribution < -0.4 is 10.9 Å². The van der Waals surface area contributed by atoms with Gasteiger partial charge in [0.1, 0.15) is 0 Å². The second kappa shape index (κ2) is 10.5. The zero-order valence-corrected chi connectivity index (χ0v) is 19.6. The van der Waals surface area contributed by atoms with Crippen LogP contribution in [0.25, 0.3) is 0 Å². The number of likely N-dealkylation sites (tertiary alicyclic amines) is 1. The summed E-state index contributed by atoms with van der Waals surface area (Å²) in [6.45, 7) is 4.40. The van der Waals surface area contributed by atoms with Gasteiger partial charge in [0.25, 0.3) is 5.56 Å². The molecule has 4 atom stereocenters. The van der Waals surface area contributed by atoms with Crippen LogP contribution >= 0.6 is 24.8 Å². The van der Waals surface area contributed by atoms with Gasteiger partial charge in [-0.25, -0.2) is 0 Å². The maximum absolute atomic E-state index is 13.1. The van der Waals surface area contributed by atoms with Crippen molar-refractivity contribution < 1.29 is 9.53 Å². The lowest BCUT2D eigenvalue weighted by molar-refractivity contribution is -0.135. The fourth-order valence-corrected chi connectivity index (χ4v) is 5.21. The predicted molar refractivity (Wildman–Crippen MR) is 122 cm³/mol. The van der Waals surface area contributed by atoms with Gasteiger partial charge in [0.05, 0.1) is 12.6 Å². The van der Waals surface area contributed by atoms with E-state index in [0.717, 1.165) is 50.3 Å². The molecule has 0 saturated carbocycles. The number of pyridine rings is 1. The van der Waals surface area contributed by atoms with Crippen molar-refractivity contribution in [2.45, 2.75) is 37.9 Å². The number of ether oxygens (including phenoxy) is 1. The van der Waals surface area contributed by atoms with E-state index in [1.54, 1.807) is 7.11 Å². The highest BCUT2D eigenvalue weighted by Gasteiger charge is 2.40. The van der Waals surface area contributed by atoms with Crippen LogP contribution in [0.1, 0.15) is 30.0 Å². The van der Waals surface area contributed by atoms with Crippen LogP contribution in [0.5, 0.6) is 0 Å². The summed E-state index contributed by atoms with van der Waals surface area (Å²) in [4.78, 5) is 30.1. The highest BCUT2D eigenvalue weighted by atomic mass is 35.5. The van der Waals surface area contributed by atoms with E-state index in [1.807, 2.05) is 34.5 Å². The molecule has 1 amide bonds. The lowest BCUT2D eigenvalue weighted by Gasteiger charge is -2.43. The maximum atomic E-state index is 13.1. The van der Waals surface area contributed by atoms with E-state index in [9.17, 15) is 9.59 Å². The molecular formula is C21H34Cl2N4O3. The van der Waals surface area contributed by atoms with Gasteiger partial charge in [0.2, 0.25) is 5.91 Å². The molecule has 2 bridgehead atoms. The Kier molecular flexibility index (Phi) is 8.77. The molecule has 2 fully saturated rings. The van der Waals surface area contributed by atoms with Crippen molar-refractivity contribution in [1.82, 2.24) is 19.7 Å². The van der Waals surface area contributed by atoms with Crippen LogP contribution in [-0.2, 0) is 22.6 Å². The normalized spacial score (nSPS) is 27.3. The molecule has 0 aromatic carbocycles. The molecule has 1 aromatic heterocycles. The van der Waals surface area contributed by atoms with Gasteiger partial charge in [-0.2, -0.15) is 0 Å². The Morgan fingerprint density at radius 1 is 1.20 bits per heavy atom. The Morgan fingerprint density at radius 3 is 2.67 bits per heavy atom. The third-order valence-electron chi connectivity index (χ3n) is 6.40. The Balaban J connectivity index is 0.00000160. The molecule has 1 N–H and O–H groups in total. The summed E-state index contributed by atoms with van der Waals surface area (Å²) in [6, 6.07) is 3.99. The molecule has 3 aliphatic heterocycles. The quantitative estimate of drug-likeness (QED) is 0.717. The summed E-state index contributed by atoms with van der Waals surface area (Å²) >= 11 is 0. The number of fused-ring (bicyclic) bond motifs is 4. The van der Waals surface area contributed by atoms with Gasteiger partial charge in [0, 0.05) is 57.0 Å². The van der Waals surface area contributed by atoms with E-state index < -0.39 is 0 Å². The van der Waals surface area contributed by atoms with Crippen molar-refractivity contribution in [2.75, 3.05) is 47.4 Å². The molecular weight excluding hydrogens is 427 g/mol. The van der Waals surface area contributed by atoms with Gasteiger partial charge in [-0.3, -0.25) is 9.59 Å². The minimum absolute atomic E-state index is 0. The lowest BCUT2D eigenvalue weighted by atomic mass is 9.82. The number of aromatic nitrogens is 1. The molecule has 4 rings (SSSR count). The van der Waals surface area contributed by atoms with Gasteiger partial charge in [-0.1, -0.05) is 6.07 Å². The third-order valence-corrected chi connectivity index (χ3v) is 6.40. The minimum atomic E-state index is -0.0939. The first-order chi connectivity index (χ1) is 13.5. The monoisotopic (exact) mass is 460 g/mol. The number of hydrogen-bond acceptors (Lipinski definition) is 5. The molecule has 7 nitrogen and oxygen atoms in total. The summed E-state index contributed by atoms with van der Waals surface area (Å²) in [6.07, 6.45) is 1.92. The minimum Gasteiger partial charge on any atom is -0.384 e. The molecule has 9 heteroatoms. The molecule has 0 spiro atoms. The van der Waals surface area contributed by atoms with Crippen molar-refractivity contribution in [3.63, 3.8) is 0 Å². The van der Waals surface area contributed by atoms with Gasteiger partial charge >= 0.3 is 0 Å². The van der Waals surface area contributed by atoms with E-state index in [-0.39, 0.29) is 48.2 Å². The number of halogens is 2. The van der Waals surface area contributed by atoms with Gasteiger partial charge in [0.15, 0.2) is 0 Å². The first-order valence-electron chi connectivity index (χ1n) is 10.3. The van der Waals surface area contributed by atoms with Gasteiger partial charge in [-0.05, 0) is 44.8 Å². The molecule has 170 valence electrons. The number of nitrogens with zero attached hydrogens (tertiary/aromatic N) is 3. The fourth-order valence-electron chi connectivity index (χ4n) is 5.21. The molecule has 0 aliphatic carbocycles. The smallest absolute Gasteiger partial charge is 0.255 e. The zero-order valence-electron chi connectivity index (χ0n) is 18.0. The van der Waals surface area contributed by atoms with Crippen LogP contribution in [0.2, 0.25) is 0 Å². The number of carbonyl (C=O) groups excluding carboxylic acids is 1. The Bertz CT molecular complexity index is 801. The Hall–Kier alpha value is -1.12. The highest BCUT2D eigenvalue weighted by molar-refractivity contribution is 5.85. The summed E-state index contributed by atoms with van der Waals surface area (Å²) in [5.41, 5.74) is 2.08. The van der Waals surface area contributed by atoms with Crippen molar-refractivity contribution >= 4 is 30.7 Å². The fraction of sp³-hybridized carbons (Fsp3) is 0.714. The molecule has 0 radical (unpaired) electrons. The number of carbonyl (C=O) groups is 1. The number of hydrogen-bond donors (Lipinski definition) is 1. The van der Waals surface area contributed by atoms with Crippen molar-refractivity contribution in [2.24, 2.45) is 11.8 Å². The van der Waals surface area contributed by atoms with Crippen molar-refractivity contribution in [3.8, 4) is 0 Å². The topological polar surface area (TPSA) is 66.8 Å². The third kappa shape index (κ3) is 5.02. The van der Waals surface area contributed by atoms with E-state index >= 15 is 0 Å².